The van der Waals surface area contributed by atoms with E-state index in [9.17, 15) is 9.50 Å². The van der Waals surface area contributed by atoms with Crippen LogP contribution in [0.4, 0.5) is 4.39 Å². The molecule has 1 saturated heterocycles. The lowest BCUT2D eigenvalue weighted by molar-refractivity contribution is -0.0845. The summed E-state index contributed by atoms with van der Waals surface area (Å²) in [6.45, 7) is 3.84. The van der Waals surface area contributed by atoms with Crippen molar-refractivity contribution in [1.29, 1.82) is 0 Å². The van der Waals surface area contributed by atoms with E-state index < -0.39 is 6.10 Å². The number of ether oxygens (including phenoxy) is 1. The predicted octanol–water partition coefficient (Wildman–Crippen LogP) is 1.50. The number of rotatable bonds is 2. The number of aliphatic hydroxyl groups is 1. The molecule has 1 aromatic rings. The van der Waals surface area contributed by atoms with Crippen molar-refractivity contribution in [2.75, 3.05) is 26.7 Å². The molecule has 0 spiro atoms. The Kier molecular flexibility index (Phi) is 3.76. The Morgan fingerprint density at radius 1 is 1.53 bits per heavy atom. The number of hydrogen-bond acceptors (Lipinski definition) is 3. The summed E-state index contributed by atoms with van der Waals surface area (Å²) in [6, 6.07) is 4.82. The van der Waals surface area contributed by atoms with E-state index in [-0.39, 0.29) is 11.9 Å². The maximum Gasteiger partial charge on any atom is 0.126 e. The maximum atomic E-state index is 13.4. The standard InChI is InChI=1S/C13H18FNO2/c1-9-3-4-10(7-11(9)14)13(16)12-8-15(2)5-6-17-12/h3-4,7,12-13,16H,5-6,8H2,1-2H3. The zero-order valence-corrected chi connectivity index (χ0v) is 10.2. The van der Waals surface area contributed by atoms with Gasteiger partial charge in [0, 0.05) is 13.1 Å². The first-order valence-corrected chi connectivity index (χ1v) is 5.82. The zero-order valence-electron chi connectivity index (χ0n) is 10.2. The number of morpholine rings is 1. The van der Waals surface area contributed by atoms with Crippen molar-refractivity contribution in [2.45, 2.75) is 19.1 Å². The highest BCUT2D eigenvalue weighted by Crippen LogP contribution is 2.23. The fourth-order valence-corrected chi connectivity index (χ4v) is 2.01. The molecule has 0 amide bonds. The molecule has 2 unspecified atom stereocenters. The van der Waals surface area contributed by atoms with Crippen molar-refractivity contribution >= 4 is 0 Å². The molecular formula is C13H18FNO2. The molecule has 17 heavy (non-hydrogen) atoms. The van der Waals surface area contributed by atoms with Crippen LogP contribution >= 0.6 is 0 Å². The number of halogens is 1. The van der Waals surface area contributed by atoms with Crippen LogP contribution in [-0.4, -0.2) is 42.9 Å². The lowest BCUT2D eigenvalue weighted by atomic mass is 10.0. The number of hydrogen-bond donors (Lipinski definition) is 1. The highest BCUT2D eigenvalue weighted by molar-refractivity contribution is 5.25. The van der Waals surface area contributed by atoms with Crippen LogP contribution < -0.4 is 0 Å². The molecule has 2 atom stereocenters. The molecule has 1 fully saturated rings. The fourth-order valence-electron chi connectivity index (χ4n) is 2.01. The molecule has 0 aromatic heterocycles. The van der Waals surface area contributed by atoms with Crippen molar-refractivity contribution in [3.63, 3.8) is 0 Å². The van der Waals surface area contributed by atoms with Crippen LogP contribution in [0, 0.1) is 12.7 Å². The van der Waals surface area contributed by atoms with E-state index in [4.69, 9.17) is 4.74 Å². The van der Waals surface area contributed by atoms with E-state index in [0.717, 1.165) is 6.54 Å². The summed E-state index contributed by atoms with van der Waals surface area (Å²) in [4.78, 5) is 2.10. The summed E-state index contributed by atoms with van der Waals surface area (Å²) in [5.74, 6) is -0.286. The summed E-state index contributed by atoms with van der Waals surface area (Å²) in [6.07, 6.45) is -1.05. The van der Waals surface area contributed by atoms with E-state index in [2.05, 4.69) is 4.90 Å². The van der Waals surface area contributed by atoms with E-state index in [0.29, 0.717) is 24.3 Å². The number of likely N-dealkylation sites (N-methyl/N-ethyl adjacent to an activating group) is 1. The Morgan fingerprint density at radius 2 is 2.29 bits per heavy atom. The molecule has 1 N–H and O–H groups in total. The Hall–Kier alpha value is -0.970. The Labute approximate surface area is 101 Å². The van der Waals surface area contributed by atoms with Crippen LogP contribution in [-0.2, 0) is 4.74 Å². The van der Waals surface area contributed by atoms with Gasteiger partial charge in [0.25, 0.3) is 0 Å². The molecule has 3 nitrogen and oxygen atoms in total. The van der Waals surface area contributed by atoms with E-state index in [1.165, 1.54) is 6.07 Å². The third-order valence-corrected chi connectivity index (χ3v) is 3.19. The number of aliphatic hydroxyl groups excluding tert-OH is 1. The topological polar surface area (TPSA) is 32.7 Å². The van der Waals surface area contributed by atoms with Crippen LogP contribution in [0.1, 0.15) is 17.2 Å². The molecule has 0 radical (unpaired) electrons. The smallest absolute Gasteiger partial charge is 0.126 e. The normalized spacial score (nSPS) is 23.6. The second-order valence-electron chi connectivity index (χ2n) is 4.62. The van der Waals surface area contributed by atoms with Gasteiger partial charge >= 0.3 is 0 Å². The predicted molar refractivity (Wildman–Crippen MR) is 63.3 cm³/mol. The first-order chi connectivity index (χ1) is 8.08. The Bertz CT molecular complexity index is 397. The van der Waals surface area contributed by atoms with Gasteiger partial charge in [-0.1, -0.05) is 12.1 Å². The largest absolute Gasteiger partial charge is 0.386 e. The summed E-state index contributed by atoms with van der Waals surface area (Å²) >= 11 is 0. The minimum atomic E-state index is -0.771. The quantitative estimate of drug-likeness (QED) is 0.849. The fraction of sp³-hybridized carbons (Fsp3) is 0.538. The van der Waals surface area contributed by atoms with E-state index in [1.54, 1.807) is 19.1 Å². The summed E-state index contributed by atoms with van der Waals surface area (Å²) in [5, 5.41) is 10.2. The van der Waals surface area contributed by atoms with Gasteiger partial charge in [-0.15, -0.1) is 0 Å². The van der Waals surface area contributed by atoms with Gasteiger partial charge < -0.3 is 14.7 Å². The first-order valence-electron chi connectivity index (χ1n) is 5.82. The van der Waals surface area contributed by atoms with Gasteiger partial charge in [0.05, 0.1) is 6.61 Å². The summed E-state index contributed by atoms with van der Waals surface area (Å²) < 4.78 is 18.9. The SMILES string of the molecule is Cc1ccc(C(O)C2CN(C)CCO2)cc1F. The molecule has 94 valence electrons. The molecule has 0 saturated carbocycles. The molecule has 0 bridgehead atoms. The molecule has 0 aliphatic carbocycles. The van der Waals surface area contributed by atoms with Gasteiger partial charge in [-0.2, -0.15) is 0 Å². The lowest BCUT2D eigenvalue weighted by Crippen LogP contribution is -2.43. The second-order valence-corrected chi connectivity index (χ2v) is 4.62. The minimum absolute atomic E-state index is 0.282. The van der Waals surface area contributed by atoms with Gasteiger partial charge in [0.15, 0.2) is 0 Å². The second kappa shape index (κ2) is 5.12. The van der Waals surface area contributed by atoms with Crippen LogP contribution in [0.5, 0.6) is 0 Å². The highest BCUT2D eigenvalue weighted by Gasteiger charge is 2.26. The lowest BCUT2D eigenvalue weighted by Gasteiger charge is -2.33. The van der Waals surface area contributed by atoms with Gasteiger partial charge in [-0.3, -0.25) is 0 Å². The molecule has 2 rings (SSSR count). The van der Waals surface area contributed by atoms with Crippen LogP contribution in [0.2, 0.25) is 0 Å². The van der Waals surface area contributed by atoms with Crippen molar-refractivity contribution < 1.29 is 14.2 Å². The first kappa shape index (κ1) is 12.5. The van der Waals surface area contributed by atoms with Crippen LogP contribution in [0.15, 0.2) is 18.2 Å². The Morgan fingerprint density at radius 3 is 2.94 bits per heavy atom. The van der Waals surface area contributed by atoms with E-state index in [1.807, 2.05) is 7.05 Å². The van der Waals surface area contributed by atoms with Gasteiger partial charge in [-0.05, 0) is 31.2 Å². The highest BCUT2D eigenvalue weighted by atomic mass is 19.1. The zero-order chi connectivity index (χ0) is 12.4. The van der Waals surface area contributed by atoms with Crippen molar-refractivity contribution in [2.24, 2.45) is 0 Å². The third kappa shape index (κ3) is 2.83. The van der Waals surface area contributed by atoms with Crippen molar-refractivity contribution in [3.8, 4) is 0 Å². The molecule has 4 heteroatoms. The van der Waals surface area contributed by atoms with Crippen molar-refractivity contribution in [1.82, 2.24) is 4.90 Å². The monoisotopic (exact) mass is 239 g/mol. The average Bonchev–Trinajstić information content (AvgIpc) is 2.32. The molecule has 1 aliphatic rings. The van der Waals surface area contributed by atoms with Crippen LogP contribution in [0.25, 0.3) is 0 Å². The average molecular weight is 239 g/mol. The van der Waals surface area contributed by atoms with E-state index >= 15 is 0 Å². The number of nitrogens with zero attached hydrogens (tertiary/aromatic N) is 1. The Balaban J connectivity index is 2.12. The van der Waals surface area contributed by atoms with Gasteiger partial charge in [-0.25, -0.2) is 4.39 Å². The minimum Gasteiger partial charge on any atom is -0.386 e. The maximum absolute atomic E-state index is 13.4. The number of benzene rings is 1. The number of aryl methyl sites for hydroxylation is 1. The van der Waals surface area contributed by atoms with Crippen molar-refractivity contribution in [3.05, 3.63) is 35.1 Å². The van der Waals surface area contributed by atoms with Gasteiger partial charge in [0.2, 0.25) is 0 Å². The molecule has 1 aromatic carbocycles. The molecular weight excluding hydrogens is 221 g/mol. The van der Waals surface area contributed by atoms with Gasteiger partial charge in [0.1, 0.15) is 18.0 Å². The third-order valence-electron chi connectivity index (χ3n) is 3.19. The van der Waals surface area contributed by atoms with Crippen LogP contribution in [0.3, 0.4) is 0 Å². The molecule has 1 aliphatic heterocycles. The summed E-state index contributed by atoms with van der Waals surface area (Å²) in [7, 11) is 1.98. The summed E-state index contributed by atoms with van der Waals surface area (Å²) in [5.41, 5.74) is 1.16. The molecule has 1 heterocycles.